The summed E-state index contributed by atoms with van der Waals surface area (Å²) in [7, 11) is 0. The lowest BCUT2D eigenvalue weighted by molar-refractivity contribution is -0.378. The Labute approximate surface area is 374 Å². The number of carbonyl (C=O) groups is 1. The van der Waals surface area contributed by atoms with E-state index in [2.05, 4.69) is 34.6 Å². The molecule has 64 heavy (non-hydrogen) atoms. The summed E-state index contributed by atoms with van der Waals surface area (Å²) in [5.74, 6) is -0.431. The molecule has 0 spiro atoms. The summed E-state index contributed by atoms with van der Waals surface area (Å²) in [5, 5.41) is 128. The molecule has 0 bridgehead atoms. The first-order valence-corrected chi connectivity index (χ1v) is 23.3. The lowest BCUT2D eigenvalue weighted by Gasteiger charge is -2.71. The minimum atomic E-state index is -1.80. The Kier molecular flexibility index (Phi) is 14.8. The molecule has 25 atom stereocenters. The van der Waals surface area contributed by atoms with Gasteiger partial charge in [0.05, 0.1) is 37.6 Å². The van der Waals surface area contributed by atoms with E-state index in [1.807, 2.05) is 6.92 Å². The zero-order valence-electron chi connectivity index (χ0n) is 37.9. The van der Waals surface area contributed by atoms with Crippen molar-refractivity contribution in [2.24, 2.45) is 45.3 Å². The van der Waals surface area contributed by atoms with Crippen LogP contribution in [0.1, 0.15) is 99.3 Å². The van der Waals surface area contributed by atoms with E-state index in [1.165, 1.54) is 0 Å². The van der Waals surface area contributed by atoms with Crippen LogP contribution < -0.4 is 0 Å². The number of aliphatic hydroxyl groups excluding tert-OH is 12. The van der Waals surface area contributed by atoms with Gasteiger partial charge in [0.1, 0.15) is 79.5 Å². The molecule has 3 aliphatic heterocycles. The molecule has 0 aromatic heterocycles. The van der Waals surface area contributed by atoms with E-state index < -0.39 is 141 Å². The number of hydrogen-bond acceptors (Lipinski definition) is 19. The average Bonchev–Trinajstić information content (AvgIpc) is 3.65. The Bertz CT molecular complexity index is 1600. The van der Waals surface area contributed by atoms with Gasteiger partial charge < -0.3 is 94.5 Å². The standard InChI is InChI=1S/C45H76O19/c1-41(2)25-9-14-43(4)26(16-21(50)28-20(8-13-44(28,43)5)45(6,11-7-15-46)64-39-36(58)33(55)30(52)23(18-48)60-39)42(25,3)12-10-27(41)62-40-37(34(56)31(53)24(19-49)61-40)63-38-35(57)32(54)29(51)22(17-47)59-38/h15,20-40,47-58H,7-14,16-19H2,1-6H3/t20-,21+,22+,23+,24+,25-,26+,27-,28-,29+,30+,31+,32-,33-,34-,35+,36+,37+,38-,39-,40-,42-,43+,44+,45-/m0/s1. The van der Waals surface area contributed by atoms with Gasteiger partial charge in [-0.05, 0) is 104 Å². The summed E-state index contributed by atoms with van der Waals surface area (Å²) >= 11 is 0. The maximum atomic E-state index is 12.5. The summed E-state index contributed by atoms with van der Waals surface area (Å²) in [4.78, 5) is 11.8. The minimum absolute atomic E-state index is 0.0607. The zero-order valence-corrected chi connectivity index (χ0v) is 37.9. The molecule has 4 aliphatic carbocycles. The summed E-state index contributed by atoms with van der Waals surface area (Å²) < 4.78 is 36.8. The summed E-state index contributed by atoms with van der Waals surface area (Å²) in [6.45, 7) is 11.0. The van der Waals surface area contributed by atoms with Gasteiger partial charge in [0, 0.05) is 6.42 Å². The third-order valence-corrected chi connectivity index (χ3v) is 18.4. The average molecular weight is 921 g/mol. The second-order valence-corrected chi connectivity index (χ2v) is 21.8. The van der Waals surface area contributed by atoms with Crippen LogP contribution in [0.4, 0.5) is 0 Å². The second-order valence-electron chi connectivity index (χ2n) is 21.8. The monoisotopic (exact) mass is 920 g/mol. The molecular formula is C45H76O19. The van der Waals surface area contributed by atoms with Gasteiger partial charge in [0.2, 0.25) is 0 Å². The van der Waals surface area contributed by atoms with Gasteiger partial charge in [-0.2, -0.15) is 0 Å². The molecule has 370 valence electrons. The maximum Gasteiger partial charge on any atom is 0.187 e. The first kappa shape index (κ1) is 50.8. The van der Waals surface area contributed by atoms with Gasteiger partial charge in [-0.3, -0.25) is 0 Å². The molecule has 4 saturated carbocycles. The van der Waals surface area contributed by atoms with E-state index in [9.17, 15) is 66.1 Å². The third kappa shape index (κ3) is 8.15. The fourth-order valence-corrected chi connectivity index (χ4v) is 14.6. The first-order valence-electron chi connectivity index (χ1n) is 23.3. The molecule has 3 saturated heterocycles. The van der Waals surface area contributed by atoms with Crippen LogP contribution in [0.2, 0.25) is 0 Å². The quantitative estimate of drug-likeness (QED) is 0.0717. The number of aliphatic hydroxyl groups is 12. The highest BCUT2D eigenvalue weighted by atomic mass is 16.8. The van der Waals surface area contributed by atoms with Crippen LogP contribution >= 0.6 is 0 Å². The number of fused-ring (bicyclic) bond motifs is 5. The summed E-state index contributed by atoms with van der Waals surface area (Å²) in [5.41, 5.74) is -2.60. The molecule has 0 radical (unpaired) electrons. The molecule has 0 amide bonds. The predicted molar refractivity (Wildman–Crippen MR) is 220 cm³/mol. The van der Waals surface area contributed by atoms with Gasteiger partial charge in [-0.15, -0.1) is 0 Å². The largest absolute Gasteiger partial charge is 0.394 e. The highest BCUT2D eigenvalue weighted by Crippen LogP contribution is 2.76. The highest BCUT2D eigenvalue weighted by Gasteiger charge is 2.72. The van der Waals surface area contributed by atoms with E-state index in [1.54, 1.807) is 0 Å². The Morgan fingerprint density at radius 3 is 1.72 bits per heavy atom. The van der Waals surface area contributed by atoms with Crippen molar-refractivity contribution in [1.82, 2.24) is 0 Å². The van der Waals surface area contributed by atoms with Gasteiger partial charge in [0.25, 0.3) is 0 Å². The number of hydrogen-bond donors (Lipinski definition) is 12. The van der Waals surface area contributed by atoms with Crippen LogP contribution in [0, 0.1) is 45.3 Å². The molecule has 3 heterocycles. The molecule has 19 heteroatoms. The maximum absolute atomic E-state index is 12.5. The molecule has 7 rings (SSSR count). The number of ether oxygens (including phenoxy) is 6. The van der Waals surface area contributed by atoms with Crippen LogP contribution in [0.15, 0.2) is 0 Å². The van der Waals surface area contributed by atoms with Crippen molar-refractivity contribution in [2.75, 3.05) is 19.8 Å². The Morgan fingerprint density at radius 1 is 0.609 bits per heavy atom. The van der Waals surface area contributed by atoms with E-state index in [-0.39, 0.29) is 47.3 Å². The van der Waals surface area contributed by atoms with Gasteiger partial charge in [-0.25, -0.2) is 0 Å². The third-order valence-electron chi connectivity index (χ3n) is 18.4. The fraction of sp³-hybridized carbons (Fsp3) is 0.978. The van der Waals surface area contributed by atoms with Crippen molar-refractivity contribution in [3.63, 3.8) is 0 Å². The zero-order chi connectivity index (χ0) is 47.1. The Balaban J connectivity index is 1.12. The molecule has 0 unspecified atom stereocenters. The Morgan fingerprint density at radius 2 is 1.14 bits per heavy atom. The van der Waals surface area contributed by atoms with E-state index >= 15 is 0 Å². The van der Waals surface area contributed by atoms with Crippen LogP contribution in [-0.2, 0) is 33.2 Å². The number of rotatable bonds is 13. The van der Waals surface area contributed by atoms with Crippen LogP contribution in [-0.4, -0.2) is 197 Å². The van der Waals surface area contributed by atoms with E-state index in [0.717, 1.165) is 25.5 Å². The lowest BCUT2D eigenvalue weighted by atomic mass is 9.35. The van der Waals surface area contributed by atoms with Crippen molar-refractivity contribution in [1.29, 1.82) is 0 Å². The predicted octanol–water partition coefficient (Wildman–Crippen LogP) is -1.79. The molecule has 0 aromatic rings. The van der Waals surface area contributed by atoms with Crippen LogP contribution in [0.3, 0.4) is 0 Å². The van der Waals surface area contributed by atoms with Gasteiger partial charge >= 0.3 is 0 Å². The van der Waals surface area contributed by atoms with Gasteiger partial charge in [0.15, 0.2) is 18.9 Å². The SMILES string of the molecule is CC1(C)[C@@H](O[C@@H]2O[C@H](CO)[C@@H](O)[C@H](O)[C@H]2O[C@@H]2O[C@H](CO)[C@@H](O)[C@H](O)[C@H]2O)CC[C@]2(C)[C@H]3C[C@@H](O)[C@@H]4[C@@H]([C@](C)(CCC=O)O[C@@H]5O[C@H](CO)[C@@H](O)[C@H](O)[C@H]5O)CC[C@@]4(C)[C@]3(C)CC[C@@H]12. The smallest absolute Gasteiger partial charge is 0.187 e. The van der Waals surface area contributed by atoms with Crippen molar-refractivity contribution >= 4 is 6.29 Å². The molecule has 19 nitrogen and oxygen atoms in total. The van der Waals surface area contributed by atoms with Crippen molar-refractivity contribution in [3.05, 3.63) is 0 Å². The van der Waals surface area contributed by atoms with Crippen molar-refractivity contribution in [2.45, 2.75) is 209 Å². The Hall–Kier alpha value is -1.05. The molecule has 0 aromatic carbocycles. The van der Waals surface area contributed by atoms with Crippen LogP contribution in [0.5, 0.6) is 0 Å². The molecule has 7 fully saturated rings. The number of carbonyl (C=O) groups excluding carboxylic acids is 1. The normalized spacial score (nSPS) is 53.7. The van der Waals surface area contributed by atoms with E-state index in [0.29, 0.717) is 25.7 Å². The topological polar surface area (TPSA) is 315 Å². The molecular weight excluding hydrogens is 844 g/mol. The van der Waals surface area contributed by atoms with Gasteiger partial charge in [-0.1, -0.05) is 34.6 Å². The summed E-state index contributed by atoms with van der Waals surface area (Å²) in [6, 6.07) is 0. The molecule has 12 N–H and O–H groups in total. The lowest BCUT2D eigenvalue weighted by Crippen LogP contribution is -2.68. The minimum Gasteiger partial charge on any atom is -0.394 e. The van der Waals surface area contributed by atoms with Crippen molar-refractivity contribution in [3.8, 4) is 0 Å². The first-order chi connectivity index (χ1) is 30.0. The van der Waals surface area contributed by atoms with Crippen molar-refractivity contribution < 1.29 is 94.5 Å². The molecule has 7 aliphatic rings. The number of aldehydes is 1. The van der Waals surface area contributed by atoms with E-state index in [4.69, 9.17) is 28.4 Å². The van der Waals surface area contributed by atoms with Crippen LogP contribution in [0.25, 0.3) is 0 Å². The second kappa shape index (κ2) is 18.7. The highest BCUT2D eigenvalue weighted by molar-refractivity contribution is 5.49. The summed E-state index contributed by atoms with van der Waals surface area (Å²) in [6.07, 6.45) is -18.4. The fourth-order valence-electron chi connectivity index (χ4n) is 14.6.